The highest BCUT2D eigenvalue weighted by Crippen LogP contribution is 2.31. The molecule has 0 atom stereocenters. The van der Waals surface area contributed by atoms with Gasteiger partial charge >= 0.3 is 12.3 Å². The largest absolute Gasteiger partial charge is 0.573 e. The Bertz CT molecular complexity index is 522. The molecule has 0 aliphatic rings. The molecule has 0 radical (unpaired) electrons. The van der Waals surface area contributed by atoms with Gasteiger partial charge in [-0.1, -0.05) is 0 Å². The summed E-state index contributed by atoms with van der Waals surface area (Å²) in [5, 5.41) is 8.61. The number of pyridine rings is 1. The standard InChI is InChI=1S/C9H6F3N3O3/c1-17-8(16)6-5(18-9(10,11)12)3-15-4(2-13)7(6)14/h3H,14H2,1H3. The Morgan fingerprint density at radius 2 is 2.17 bits per heavy atom. The summed E-state index contributed by atoms with van der Waals surface area (Å²) in [4.78, 5) is 14.7. The first-order valence-corrected chi connectivity index (χ1v) is 4.32. The normalized spacial score (nSPS) is 10.6. The summed E-state index contributed by atoms with van der Waals surface area (Å²) < 4.78 is 44.1. The molecule has 9 heteroatoms. The molecular formula is C9H6F3N3O3. The van der Waals surface area contributed by atoms with E-state index in [1.807, 2.05) is 0 Å². The van der Waals surface area contributed by atoms with Gasteiger partial charge in [0.05, 0.1) is 19.0 Å². The minimum atomic E-state index is -5.02. The summed E-state index contributed by atoms with van der Waals surface area (Å²) in [6, 6.07) is 1.52. The molecule has 0 bridgehead atoms. The first-order chi connectivity index (χ1) is 8.30. The van der Waals surface area contributed by atoms with Crippen LogP contribution in [0.25, 0.3) is 0 Å². The van der Waals surface area contributed by atoms with E-state index in [0.29, 0.717) is 6.20 Å². The Morgan fingerprint density at radius 1 is 1.56 bits per heavy atom. The number of alkyl halides is 3. The summed E-state index contributed by atoms with van der Waals surface area (Å²) in [6.45, 7) is 0. The SMILES string of the molecule is COC(=O)c1c(OC(F)(F)F)cnc(C#N)c1N. The van der Waals surface area contributed by atoms with Crippen LogP contribution in [-0.2, 0) is 4.74 Å². The van der Waals surface area contributed by atoms with Crippen LogP contribution in [0.2, 0.25) is 0 Å². The van der Waals surface area contributed by atoms with Gasteiger partial charge in [-0.25, -0.2) is 9.78 Å². The summed E-state index contributed by atoms with van der Waals surface area (Å²) in [7, 11) is 0.950. The Hall–Kier alpha value is -2.50. The molecule has 0 aromatic carbocycles. The highest BCUT2D eigenvalue weighted by molar-refractivity contribution is 5.98. The van der Waals surface area contributed by atoms with Crippen molar-refractivity contribution in [2.24, 2.45) is 0 Å². The third-order valence-electron chi connectivity index (χ3n) is 1.80. The zero-order chi connectivity index (χ0) is 13.9. The minimum Gasteiger partial charge on any atom is -0.465 e. The van der Waals surface area contributed by atoms with Crippen molar-refractivity contribution in [3.8, 4) is 11.8 Å². The van der Waals surface area contributed by atoms with Crippen LogP contribution in [0.4, 0.5) is 18.9 Å². The second-order valence-corrected chi connectivity index (χ2v) is 2.91. The fourth-order valence-electron chi connectivity index (χ4n) is 1.11. The predicted molar refractivity (Wildman–Crippen MR) is 51.4 cm³/mol. The Kier molecular flexibility index (Phi) is 3.61. The lowest BCUT2D eigenvalue weighted by Gasteiger charge is -2.13. The molecule has 18 heavy (non-hydrogen) atoms. The molecule has 1 heterocycles. The van der Waals surface area contributed by atoms with Crippen LogP contribution in [0.1, 0.15) is 16.1 Å². The number of ether oxygens (including phenoxy) is 2. The average molecular weight is 261 g/mol. The first kappa shape index (κ1) is 13.6. The number of nitriles is 1. The van der Waals surface area contributed by atoms with Crippen molar-refractivity contribution in [3.05, 3.63) is 17.5 Å². The van der Waals surface area contributed by atoms with Crippen molar-refractivity contribution in [2.45, 2.75) is 6.36 Å². The maximum Gasteiger partial charge on any atom is 0.573 e. The van der Waals surface area contributed by atoms with Crippen molar-refractivity contribution in [1.29, 1.82) is 5.26 Å². The van der Waals surface area contributed by atoms with Crippen LogP contribution in [0, 0.1) is 11.3 Å². The van der Waals surface area contributed by atoms with Gasteiger partial charge in [0.1, 0.15) is 11.6 Å². The fourth-order valence-corrected chi connectivity index (χ4v) is 1.11. The monoisotopic (exact) mass is 261 g/mol. The number of nitrogens with zero attached hydrogens (tertiary/aromatic N) is 2. The first-order valence-electron chi connectivity index (χ1n) is 4.32. The average Bonchev–Trinajstić information content (AvgIpc) is 2.26. The Balaban J connectivity index is 3.40. The van der Waals surface area contributed by atoms with Crippen molar-refractivity contribution in [1.82, 2.24) is 4.98 Å². The molecule has 0 saturated carbocycles. The number of rotatable bonds is 2. The number of nitrogen functional groups attached to an aromatic ring is 1. The fraction of sp³-hybridized carbons (Fsp3) is 0.222. The lowest BCUT2D eigenvalue weighted by Crippen LogP contribution is -2.20. The van der Waals surface area contributed by atoms with Gasteiger partial charge in [-0.3, -0.25) is 0 Å². The van der Waals surface area contributed by atoms with Crippen LogP contribution >= 0.6 is 0 Å². The van der Waals surface area contributed by atoms with E-state index in [1.165, 1.54) is 6.07 Å². The molecule has 2 N–H and O–H groups in total. The van der Waals surface area contributed by atoms with Crippen molar-refractivity contribution in [2.75, 3.05) is 12.8 Å². The zero-order valence-electron chi connectivity index (χ0n) is 8.91. The second kappa shape index (κ2) is 4.79. The lowest BCUT2D eigenvalue weighted by molar-refractivity contribution is -0.274. The smallest absolute Gasteiger partial charge is 0.465 e. The number of nitrogens with two attached hydrogens (primary N) is 1. The zero-order valence-corrected chi connectivity index (χ0v) is 8.91. The summed E-state index contributed by atoms with van der Waals surface area (Å²) in [5.41, 5.74) is 3.73. The number of halogens is 3. The van der Waals surface area contributed by atoms with E-state index in [-0.39, 0.29) is 0 Å². The molecule has 0 aliphatic carbocycles. The number of aromatic nitrogens is 1. The summed E-state index contributed by atoms with van der Waals surface area (Å²) >= 11 is 0. The number of carbonyl (C=O) groups is 1. The molecule has 1 aromatic heterocycles. The minimum absolute atomic E-state index is 0.398. The van der Waals surface area contributed by atoms with Crippen LogP contribution in [0.5, 0.6) is 5.75 Å². The van der Waals surface area contributed by atoms with Crippen molar-refractivity contribution >= 4 is 11.7 Å². The van der Waals surface area contributed by atoms with Crippen LogP contribution in [0.3, 0.4) is 0 Å². The van der Waals surface area contributed by atoms with Gasteiger partial charge in [0.15, 0.2) is 11.4 Å². The molecule has 1 rings (SSSR count). The van der Waals surface area contributed by atoms with Gasteiger partial charge in [-0.15, -0.1) is 13.2 Å². The second-order valence-electron chi connectivity index (χ2n) is 2.91. The van der Waals surface area contributed by atoms with E-state index in [2.05, 4.69) is 14.5 Å². The van der Waals surface area contributed by atoms with E-state index < -0.39 is 35.0 Å². The number of hydrogen-bond donors (Lipinski definition) is 1. The summed E-state index contributed by atoms with van der Waals surface area (Å²) in [5.74, 6) is -2.09. The van der Waals surface area contributed by atoms with E-state index in [4.69, 9.17) is 11.0 Å². The van der Waals surface area contributed by atoms with E-state index in [9.17, 15) is 18.0 Å². The number of esters is 1. The molecular weight excluding hydrogens is 255 g/mol. The molecule has 1 aromatic rings. The van der Waals surface area contributed by atoms with E-state index >= 15 is 0 Å². The van der Waals surface area contributed by atoms with E-state index in [1.54, 1.807) is 0 Å². The highest BCUT2D eigenvalue weighted by atomic mass is 19.4. The van der Waals surface area contributed by atoms with Crippen LogP contribution in [-0.4, -0.2) is 24.4 Å². The van der Waals surface area contributed by atoms with Gasteiger partial charge < -0.3 is 15.2 Å². The van der Waals surface area contributed by atoms with Crippen molar-refractivity contribution in [3.63, 3.8) is 0 Å². The van der Waals surface area contributed by atoms with Gasteiger partial charge in [0.2, 0.25) is 0 Å². The maximum atomic E-state index is 12.1. The van der Waals surface area contributed by atoms with Gasteiger partial charge in [-0.2, -0.15) is 5.26 Å². The number of carbonyl (C=O) groups excluding carboxylic acids is 1. The Morgan fingerprint density at radius 3 is 2.61 bits per heavy atom. The predicted octanol–water partition coefficient (Wildman–Crippen LogP) is 1.22. The molecule has 0 fully saturated rings. The summed E-state index contributed by atoms with van der Waals surface area (Å²) in [6.07, 6.45) is -4.44. The van der Waals surface area contributed by atoms with Crippen LogP contribution < -0.4 is 10.5 Å². The molecule has 0 unspecified atom stereocenters. The third-order valence-corrected chi connectivity index (χ3v) is 1.80. The molecule has 0 spiro atoms. The number of hydrogen-bond acceptors (Lipinski definition) is 6. The molecule has 0 aliphatic heterocycles. The highest BCUT2D eigenvalue weighted by Gasteiger charge is 2.34. The quantitative estimate of drug-likeness (QED) is 0.803. The number of methoxy groups -OCH3 is 1. The number of anilines is 1. The molecule has 0 saturated heterocycles. The topological polar surface area (TPSA) is 98.2 Å². The van der Waals surface area contributed by atoms with Crippen LogP contribution in [0.15, 0.2) is 6.20 Å². The van der Waals surface area contributed by atoms with Gasteiger partial charge in [0.25, 0.3) is 0 Å². The van der Waals surface area contributed by atoms with Crippen molar-refractivity contribution < 1.29 is 27.4 Å². The lowest BCUT2D eigenvalue weighted by atomic mass is 10.1. The third kappa shape index (κ3) is 2.79. The molecule has 0 amide bonds. The van der Waals surface area contributed by atoms with Gasteiger partial charge in [0, 0.05) is 0 Å². The molecule has 6 nitrogen and oxygen atoms in total. The Labute approximate surface area is 98.7 Å². The van der Waals surface area contributed by atoms with Gasteiger partial charge in [-0.05, 0) is 0 Å². The molecule has 96 valence electrons. The maximum absolute atomic E-state index is 12.1. The van der Waals surface area contributed by atoms with E-state index in [0.717, 1.165) is 7.11 Å².